The molecule has 0 aliphatic rings. The van der Waals surface area contributed by atoms with Crippen LogP contribution in [0.25, 0.3) is 0 Å². The minimum Gasteiger partial charge on any atom is -0.487 e. The van der Waals surface area contributed by atoms with Gasteiger partial charge >= 0.3 is 6.09 Å². The van der Waals surface area contributed by atoms with Gasteiger partial charge in [-0.05, 0) is 35.4 Å². The number of carboxylic acid groups (broad SMARTS) is 1. The molecular formula is C17H17N3O7. The van der Waals surface area contributed by atoms with Crippen molar-refractivity contribution < 1.29 is 29.5 Å². The molecule has 10 heteroatoms. The van der Waals surface area contributed by atoms with Crippen LogP contribution in [0.15, 0.2) is 42.5 Å². The molecule has 2 rings (SSSR count). The summed E-state index contributed by atoms with van der Waals surface area (Å²) < 4.78 is 5.65. The van der Waals surface area contributed by atoms with Gasteiger partial charge in [0.15, 0.2) is 0 Å². The molecule has 0 atom stereocenters. The largest absolute Gasteiger partial charge is 0.487 e. The van der Waals surface area contributed by atoms with E-state index in [4.69, 9.17) is 9.84 Å². The van der Waals surface area contributed by atoms with E-state index in [0.717, 1.165) is 0 Å². The van der Waals surface area contributed by atoms with E-state index in [1.165, 1.54) is 18.2 Å². The highest BCUT2D eigenvalue weighted by molar-refractivity contribution is 5.95. The summed E-state index contributed by atoms with van der Waals surface area (Å²) in [7, 11) is 0. The molecule has 0 fully saturated rings. The summed E-state index contributed by atoms with van der Waals surface area (Å²) in [5.41, 5.74) is 1.43. The molecule has 4 N–H and O–H groups in total. The average Bonchev–Trinajstić information content (AvgIpc) is 2.65. The highest BCUT2D eigenvalue weighted by Gasteiger charge is 2.11. The second kappa shape index (κ2) is 9.15. The molecule has 0 spiro atoms. The minimum atomic E-state index is -1.33. The van der Waals surface area contributed by atoms with Crippen molar-refractivity contribution in [2.75, 3.05) is 11.9 Å². The summed E-state index contributed by atoms with van der Waals surface area (Å²) in [4.78, 5) is 32.4. The van der Waals surface area contributed by atoms with Gasteiger partial charge in [0.1, 0.15) is 18.9 Å². The smallest absolute Gasteiger partial charge is 0.405 e. The third-order valence-electron chi connectivity index (χ3n) is 3.44. The number of amides is 2. The minimum absolute atomic E-state index is 0.0371. The Bertz CT molecular complexity index is 837. The van der Waals surface area contributed by atoms with Crippen molar-refractivity contribution in [3.8, 4) is 5.75 Å². The number of aliphatic hydroxyl groups is 1. The lowest BCUT2D eigenvalue weighted by Gasteiger charge is -2.14. The predicted octanol–water partition coefficient (Wildman–Crippen LogP) is 1.87. The van der Waals surface area contributed by atoms with Crippen LogP contribution in [0.5, 0.6) is 5.75 Å². The van der Waals surface area contributed by atoms with E-state index in [0.29, 0.717) is 16.9 Å². The summed E-state index contributed by atoms with van der Waals surface area (Å²) in [6.07, 6.45) is -1.33. The Balaban J connectivity index is 2.09. The Morgan fingerprint density at radius 3 is 2.37 bits per heavy atom. The Labute approximate surface area is 153 Å². The number of anilines is 1. The third-order valence-corrected chi connectivity index (χ3v) is 3.44. The summed E-state index contributed by atoms with van der Waals surface area (Å²) in [5.74, 6) is -0.304. The lowest BCUT2D eigenvalue weighted by molar-refractivity contribution is -0.384. The van der Waals surface area contributed by atoms with Crippen LogP contribution in [0.3, 0.4) is 0 Å². The molecule has 0 saturated heterocycles. The zero-order valence-electron chi connectivity index (χ0n) is 14.0. The Morgan fingerprint density at radius 2 is 1.78 bits per heavy atom. The van der Waals surface area contributed by atoms with Gasteiger partial charge in [-0.1, -0.05) is 6.07 Å². The molecule has 0 radical (unpaired) electrons. The number of nitrogens with one attached hydrogen (secondary N) is 2. The molecule has 0 unspecified atom stereocenters. The van der Waals surface area contributed by atoms with E-state index in [2.05, 4.69) is 5.32 Å². The number of rotatable bonds is 8. The number of nitrogens with zero attached hydrogens (tertiary/aromatic N) is 1. The van der Waals surface area contributed by atoms with E-state index in [1.54, 1.807) is 24.3 Å². The first-order valence-electron chi connectivity index (χ1n) is 7.75. The van der Waals surface area contributed by atoms with Gasteiger partial charge in [-0.15, -0.1) is 0 Å². The number of aliphatic hydroxyl groups excluding tert-OH is 1. The second-order valence-electron chi connectivity index (χ2n) is 5.41. The molecule has 0 aromatic heterocycles. The maximum atomic E-state index is 11.8. The van der Waals surface area contributed by atoms with E-state index >= 15 is 0 Å². The van der Waals surface area contributed by atoms with Crippen molar-refractivity contribution in [1.82, 2.24) is 5.32 Å². The highest BCUT2D eigenvalue weighted by Crippen LogP contribution is 2.27. The van der Waals surface area contributed by atoms with Crippen molar-refractivity contribution in [2.24, 2.45) is 0 Å². The number of nitro benzene ring substituents is 1. The number of hydrogen-bond acceptors (Lipinski definition) is 6. The lowest BCUT2D eigenvalue weighted by atomic mass is 10.2. The van der Waals surface area contributed by atoms with Crippen molar-refractivity contribution in [3.05, 3.63) is 63.7 Å². The van der Waals surface area contributed by atoms with Crippen LogP contribution < -0.4 is 15.4 Å². The zero-order valence-corrected chi connectivity index (χ0v) is 14.0. The van der Waals surface area contributed by atoms with Crippen LogP contribution in [0.2, 0.25) is 0 Å². The van der Waals surface area contributed by atoms with Gasteiger partial charge < -0.3 is 25.6 Å². The van der Waals surface area contributed by atoms with Crippen LogP contribution in [-0.4, -0.2) is 33.7 Å². The van der Waals surface area contributed by atoms with Crippen LogP contribution in [-0.2, 0) is 18.0 Å². The Morgan fingerprint density at radius 1 is 1.11 bits per heavy atom. The number of ether oxygens (including phenoxy) is 1. The molecule has 2 amide bonds. The fourth-order valence-corrected chi connectivity index (χ4v) is 2.12. The van der Waals surface area contributed by atoms with Crippen LogP contribution in [0, 0.1) is 10.1 Å². The monoisotopic (exact) mass is 375 g/mol. The van der Waals surface area contributed by atoms with Gasteiger partial charge in [0.05, 0.1) is 17.2 Å². The number of benzene rings is 2. The zero-order chi connectivity index (χ0) is 19.8. The first-order chi connectivity index (χ1) is 12.9. The molecule has 142 valence electrons. The van der Waals surface area contributed by atoms with Crippen LogP contribution in [0.4, 0.5) is 16.2 Å². The fraction of sp³-hybridized carbons (Fsp3) is 0.176. The van der Waals surface area contributed by atoms with Gasteiger partial charge in [-0.3, -0.25) is 14.9 Å². The molecule has 10 nitrogen and oxygen atoms in total. The fourth-order valence-electron chi connectivity index (χ4n) is 2.12. The average molecular weight is 375 g/mol. The molecule has 0 saturated carbocycles. The van der Waals surface area contributed by atoms with E-state index in [1.807, 2.05) is 5.32 Å². The van der Waals surface area contributed by atoms with Gasteiger partial charge in [0, 0.05) is 12.1 Å². The Kier molecular flexibility index (Phi) is 6.67. The summed E-state index contributed by atoms with van der Waals surface area (Å²) in [6.45, 7) is -0.605. The molecule has 0 aliphatic carbocycles. The van der Waals surface area contributed by atoms with Crippen molar-refractivity contribution in [1.29, 1.82) is 0 Å². The lowest BCUT2D eigenvalue weighted by Crippen LogP contribution is -2.31. The number of non-ortho nitro benzene ring substituents is 1. The maximum Gasteiger partial charge on any atom is 0.405 e. The van der Waals surface area contributed by atoms with Gasteiger partial charge in [-0.2, -0.15) is 0 Å². The topological polar surface area (TPSA) is 151 Å². The van der Waals surface area contributed by atoms with Gasteiger partial charge in [-0.25, -0.2) is 4.79 Å². The van der Waals surface area contributed by atoms with E-state index in [9.17, 15) is 24.8 Å². The number of carbonyl (C=O) groups is 2. The molecule has 0 bridgehead atoms. The molecule has 2 aromatic rings. The first-order valence-corrected chi connectivity index (χ1v) is 7.75. The summed E-state index contributed by atoms with van der Waals surface area (Å²) >= 11 is 0. The van der Waals surface area contributed by atoms with Crippen LogP contribution >= 0.6 is 0 Å². The van der Waals surface area contributed by atoms with Crippen molar-refractivity contribution in [2.45, 2.75) is 13.2 Å². The maximum absolute atomic E-state index is 11.8. The standard InChI is InChI=1S/C17H17N3O7/c21-9-12-3-6-15(14(7-12)19-16(22)8-18-17(23)24)27-10-11-1-4-13(5-2-11)20(25)26/h1-7,18,21H,8-10H2,(H,19,22)(H,23,24). The normalized spacial score (nSPS) is 10.1. The van der Waals surface area contributed by atoms with Gasteiger partial charge in [0.2, 0.25) is 5.91 Å². The van der Waals surface area contributed by atoms with E-state index < -0.39 is 23.5 Å². The highest BCUT2D eigenvalue weighted by atomic mass is 16.6. The van der Waals surface area contributed by atoms with Crippen LogP contribution in [0.1, 0.15) is 11.1 Å². The Hall–Kier alpha value is -3.66. The SMILES string of the molecule is O=C(O)NCC(=O)Nc1cc(CO)ccc1OCc1ccc([N+](=O)[O-])cc1. The number of nitro groups is 1. The van der Waals surface area contributed by atoms with Crippen molar-refractivity contribution in [3.63, 3.8) is 0 Å². The third kappa shape index (κ3) is 5.97. The first kappa shape index (κ1) is 19.7. The van der Waals surface area contributed by atoms with E-state index in [-0.39, 0.29) is 24.6 Å². The second-order valence-corrected chi connectivity index (χ2v) is 5.41. The molecule has 0 aliphatic heterocycles. The predicted molar refractivity (Wildman–Crippen MR) is 94.5 cm³/mol. The quantitative estimate of drug-likeness (QED) is 0.406. The molecule has 2 aromatic carbocycles. The number of hydrogen-bond donors (Lipinski definition) is 4. The molecular weight excluding hydrogens is 358 g/mol. The van der Waals surface area contributed by atoms with Crippen molar-refractivity contribution >= 4 is 23.4 Å². The summed E-state index contributed by atoms with van der Waals surface area (Å²) in [6, 6.07) is 10.5. The summed E-state index contributed by atoms with van der Waals surface area (Å²) in [5, 5.41) is 32.9. The van der Waals surface area contributed by atoms with Gasteiger partial charge in [0.25, 0.3) is 5.69 Å². The number of carbonyl (C=O) groups excluding carboxylic acids is 1. The molecule has 0 heterocycles. The molecule has 27 heavy (non-hydrogen) atoms.